The van der Waals surface area contributed by atoms with Crippen molar-refractivity contribution < 1.29 is 9.47 Å². The van der Waals surface area contributed by atoms with Gasteiger partial charge in [0.2, 0.25) is 0 Å². The van der Waals surface area contributed by atoms with Crippen molar-refractivity contribution in [2.45, 2.75) is 19.6 Å². The lowest BCUT2D eigenvalue weighted by Gasteiger charge is -2.09. The molecule has 0 saturated heterocycles. The predicted molar refractivity (Wildman–Crippen MR) is 79.4 cm³/mol. The highest BCUT2D eigenvalue weighted by atomic mass is 35.5. The van der Waals surface area contributed by atoms with E-state index in [1.165, 1.54) is 0 Å². The summed E-state index contributed by atoms with van der Waals surface area (Å²) in [6.07, 6.45) is 0. The maximum atomic E-state index is 6.19. The molecule has 2 N–H and O–H groups in total. The quantitative estimate of drug-likeness (QED) is 0.938. The monoisotopic (exact) mass is 289 g/mol. The number of rotatable bonds is 3. The average Bonchev–Trinajstić information content (AvgIpc) is 2.79. The number of hydrogen-bond acceptors (Lipinski definition) is 3. The van der Waals surface area contributed by atoms with Gasteiger partial charge in [0.25, 0.3) is 0 Å². The van der Waals surface area contributed by atoms with Crippen LogP contribution in [0.3, 0.4) is 0 Å². The van der Waals surface area contributed by atoms with Crippen LogP contribution in [-0.4, -0.2) is 6.61 Å². The summed E-state index contributed by atoms with van der Waals surface area (Å²) in [5.41, 5.74) is 9.05. The van der Waals surface area contributed by atoms with Crippen molar-refractivity contribution in [3.05, 3.63) is 58.1 Å². The molecule has 2 aromatic carbocycles. The Morgan fingerprint density at radius 1 is 1.30 bits per heavy atom. The number of ether oxygens (including phenoxy) is 2. The van der Waals surface area contributed by atoms with Gasteiger partial charge in [-0.2, -0.15) is 0 Å². The van der Waals surface area contributed by atoms with E-state index in [0.717, 1.165) is 33.2 Å². The van der Waals surface area contributed by atoms with Crippen molar-refractivity contribution in [2.24, 2.45) is 5.73 Å². The van der Waals surface area contributed by atoms with E-state index in [9.17, 15) is 0 Å². The number of halogens is 1. The van der Waals surface area contributed by atoms with Crippen LogP contribution >= 0.6 is 11.6 Å². The Morgan fingerprint density at radius 2 is 2.15 bits per heavy atom. The van der Waals surface area contributed by atoms with Crippen molar-refractivity contribution in [2.75, 3.05) is 6.61 Å². The van der Waals surface area contributed by atoms with Crippen LogP contribution in [-0.2, 0) is 6.61 Å². The minimum atomic E-state index is -0.0365. The summed E-state index contributed by atoms with van der Waals surface area (Å²) in [4.78, 5) is 0. The largest absolute Gasteiger partial charge is 0.491 e. The van der Waals surface area contributed by atoms with Crippen LogP contribution in [0.4, 0.5) is 0 Å². The Balaban J connectivity index is 1.73. The minimum absolute atomic E-state index is 0.0365. The Labute approximate surface area is 123 Å². The van der Waals surface area contributed by atoms with E-state index >= 15 is 0 Å². The Kier molecular flexibility index (Phi) is 3.55. The number of fused-ring (bicyclic) bond motifs is 1. The summed E-state index contributed by atoms with van der Waals surface area (Å²) in [5, 5.41) is 0.726. The van der Waals surface area contributed by atoms with Crippen molar-refractivity contribution in [1.29, 1.82) is 0 Å². The van der Waals surface area contributed by atoms with E-state index in [1.807, 2.05) is 43.3 Å². The third kappa shape index (κ3) is 2.60. The number of hydrogen-bond donors (Lipinski definition) is 1. The second-order valence-electron chi connectivity index (χ2n) is 5.00. The van der Waals surface area contributed by atoms with Gasteiger partial charge in [0.05, 0.1) is 6.04 Å². The predicted octanol–water partition coefficient (Wildman–Crippen LogP) is 3.62. The van der Waals surface area contributed by atoms with Crippen LogP contribution in [0, 0.1) is 6.92 Å². The third-order valence-electron chi connectivity index (χ3n) is 3.41. The van der Waals surface area contributed by atoms with Crippen molar-refractivity contribution in [1.82, 2.24) is 0 Å². The molecule has 0 spiro atoms. The molecular formula is C16H16ClNO2. The van der Waals surface area contributed by atoms with E-state index in [1.54, 1.807) is 0 Å². The van der Waals surface area contributed by atoms with Crippen LogP contribution in [0.2, 0.25) is 5.02 Å². The second-order valence-corrected chi connectivity index (χ2v) is 5.41. The zero-order valence-corrected chi connectivity index (χ0v) is 12.0. The molecule has 1 unspecified atom stereocenters. The summed E-state index contributed by atoms with van der Waals surface area (Å²) >= 11 is 6.19. The molecule has 3 rings (SSSR count). The van der Waals surface area contributed by atoms with Crippen LogP contribution in [0.15, 0.2) is 36.4 Å². The molecule has 1 atom stereocenters. The van der Waals surface area contributed by atoms with Gasteiger partial charge in [-0.05, 0) is 30.7 Å². The number of aryl methyl sites for hydroxylation is 1. The van der Waals surface area contributed by atoms with Crippen LogP contribution in [0.5, 0.6) is 11.5 Å². The topological polar surface area (TPSA) is 44.5 Å². The molecule has 20 heavy (non-hydrogen) atoms. The maximum absolute atomic E-state index is 6.19. The molecule has 2 aromatic rings. The second kappa shape index (κ2) is 5.35. The van der Waals surface area contributed by atoms with Gasteiger partial charge in [0.15, 0.2) is 0 Å². The first kappa shape index (κ1) is 13.3. The molecule has 1 heterocycles. The normalized spacial score (nSPS) is 16.6. The van der Waals surface area contributed by atoms with Crippen molar-refractivity contribution >= 4 is 11.6 Å². The average molecular weight is 290 g/mol. The highest BCUT2D eigenvalue weighted by Gasteiger charge is 2.20. The number of nitrogens with two attached hydrogens (primary N) is 1. The summed E-state index contributed by atoms with van der Waals surface area (Å²) in [6.45, 7) is 2.98. The molecule has 0 amide bonds. The molecule has 1 aliphatic heterocycles. The lowest BCUT2D eigenvalue weighted by molar-refractivity contribution is 0.301. The van der Waals surface area contributed by atoms with Gasteiger partial charge in [-0.1, -0.05) is 23.7 Å². The molecular weight excluding hydrogens is 274 g/mol. The molecule has 3 nitrogen and oxygen atoms in total. The fourth-order valence-electron chi connectivity index (χ4n) is 2.24. The van der Waals surface area contributed by atoms with E-state index < -0.39 is 0 Å². The van der Waals surface area contributed by atoms with E-state index in [4.69, 9.17) is 26.8 Å². The Hall–Kier alpha value is -1.71. The molecule has 1 aliphatic rings. The van der Waals surface area contributed by atoms with Gasteiger partial charge >= 0.3 is 0 Å². The summed E-state index contributed by atoms with van der Waals surface area (Å²) in [5.74, 6) is 1.57. The standard InChI is InChI=1S/C16H16ClNO2/c1-10-2-3-11(14(17)6-10)8-19-12-4-5-13-15(18)9-20-16(13)7-12/h2-7,15H,8-9,18H2,1H3. The van der Waals surface area contributed by atoms with Crippen molar-refractivity contribution in [3.8, 4) is 11.5 Å². The molecule has 104 valence electrons. The van der Waals surface area contributed by atoms with E-state index in [-0.39, 0.29) is 6.04 Å². The van der Waals surface area contributed by atoms with Gasteiger partial charge in [0, 0.05) is 22.2 Å². The lowest BCUT2D eigenvalue weighted by atomic mass is 10.1. The van der Waals surface area contributed by atoms with Gasteiger partial charge in [-0.3, -0.25) is 0 Å². The first-order chi connectivity index (χ1) is 9.63. The summed E-state index contributed by atoms with van der Waals surface area (Å²) < 4.78 is 11.3. The minimum Gasteiger partial charge on any atom is -0.491 e. The Bertz CT molecular complexity index is 642. The van der Waals surface area contributed by atoms with Crippen LogP contribution < -0.4 is 15.2 Å². The first-order valence-corrected chi connectivity index (χ1v) is 6.91. The molecule has 0 radical (unpaired) electrons. The Morgan fingerprint density at radius 3 is 2.95 bits per heavy atom. The highest BCUT2D eigenvalue weighted by molar-refractivity contribution is 6.31. The first-order valence-electron chi connectivity index (χ1n) is 6.53. The van der Waals surface area contributed by atoms with E-state index in [2.05, 4.69) is 0 Å². The fraction of sp³-hybridized carbons (Fsp3) is 0.250. The summed E-state index contributed by atoms with van der Waals surface area (Å²) in [7, 11) is 0. The number of benzene rings is 2. The molecule has 4 heteroatoms. The zero-order valence-electron chi connectivity index (χ0n) is 11.2. The molecule has 0 saturated carbocycles. The lowest BCUT2D eigenvalue weighted by Crippen LogP contribution is -2.10. The molecule has 0 bridgehead atoms. The summed E-state index contributed by atoms with van der Waals surface area (Å²) in [6, 6.07) is 11.7. The van der Waals surface area contributed by atoms with Gasteiger partial charge < -0.3 is 15.2 Å². The highest BCUT2D eigenvalue weighted by Crippen LogP contribution is 2.34. The van der Waals surface area contributed by atoms with Gasteiger partial charge in [0.1, 0.15) is 24.7 Å². The van der Waals surface area contributed by atoms with Crippen LogP contribution in [0.25, 0.3) is 0 Å². The van der Waals surface area contributed by atoms with Crippen LogP contribution in [0.1, 0.15) is 22.7 Å². The smallest absolute Gasteiger partial charge is 0.127 e. The zero-order chi connectivity index (χ0) is 14.1. The SMILES string of the molecule is Cc1ccc(COc2ccc3c(c2)OCC3N)c(Cl)c1. The maximum Gasteiger partial charge on any atom is 0.127 e. The molecule has 0 fully saturated rings. The van der Waals surface area contributed by atoms with Gasteiger partial charge in [-0.25, -0.2) is 0 Å². The third-order valence-corrected chi connectivity index (χ3v) is 3.76. The fourth-order valence-corrected chi connectivity index (χ4v) is 2.53. The van der Waals surface area contributed by atoms with Gasteiger partial charge in [-0.15, -0.1) is 0 Å². The molecule has 0 aliphatic carbocycles. The van der Waals surface area contributed by atoms with Crippen molar-refractivity contribution in [3.63, 3.8) is 0 Å². The molecule has 0 aromatic heterocycles. The van der Waals surface area contributed by atoms with E-state index in [0.29, 0.717) is 13.2 Å².